The average molecular weight is 352 g/mol. The molecule has 19 heavy (non-hydrogen) atoms. The van der Waals surface area contributed by atoms with Crippen LogP contribution in [-0.4, -0.2) is 48.6 Å². The van der Waals surface area contributed by atoms with Crippen molar-refractivity contribution in [2.45, 2.75) is 18.4 Å². The van der Waals surface area contributed by atoms with Crippen LogP contribution in [0.15, 0.2) is 0 Å². The Hall–Kier alpha value is 1.79. The van der Waals surface area contributed by atoms with Crippen LogP contribution in [0.3, 0.4) is 0 Å². The average Bonchev–Trinajstić information content (AvgIpc) is 1.96. The summed E-state index contributed by atoms with van der Waals surface area (Å²) in [6.07, 6.45) is -2.72. The molecule has 0 aromatic heterocycles. The van der Waals surface area contributed by atoms with E-state index in [9.17, 15) is 24.1 Å². The molecule has 102 valence electrons. The van der Waals surface area contributed by atoms with Crippen LogP contribution in [0.4, 0.5) is 0 Å². The Labute approximate surface area is 194 Å². The first-order chi connectivity index (χ1) is 7.46. The van der Waals surface area contributed by atoms with Crippen molar-refractivity contribution in [1.82, 2.24) is 0 Å². The maximum atomic E-state index is 10.8. The van der Waals surface area contributed by atoms with Gasteiger partial charge in [-0.15, -0.1) is 0 Å². The fourth-order valence-corrected chi connectivity index (χ4v) is 1.20. The molecule has 0 saturated carbocycles. The maximum absolute atomic E-state index is 10.8. The summed E-state index contributed by atoms with van der Waals surface area (Å²) < 4.78 is 13.7. The third-order valence-electron chi connectivity index (χ3n) is 1.50. The Morgan fingerprint density at radius 3 is 1.79 bits per heavy atom. The number of carboxylic acids is 2. The zero-order valence-electron chi connectivity index (χ0n) is 12.1. The molecule has 1 atom stereocenters. The number of hydrogen-bond donors (Lipinski definition) is 5. The summed E-state index contributed by atoms with van der Waals surface area (Å²) in [6.45, 7) is 0. The second kappa shape index (κ2) is 10.5. The van der Waals surface area contributed by atoms with E-state index in [4.69, 9.17) is 20.0 Å². The zero-order chi connectivity index (χ0) is 13.9. The number of aliphatic carboxylic acids is 2. The quantitative estimate of drug-likeness (QED) is 0.228. The van der Waals surface area contributed by atoms with Crippen LogP contribution < -0.4 is 103 Å². The summed E-state index contributed by atoms with van der Waals surface area (Å²) in [7, 11) is -5.17. The van der Waals surface area contributed by atoms with E-state index in [-0.39, 0.29) is 106 Å². The first kappa shape index (κ1) is 25.7. The van der Waals surface area contributed by atoms with E-state index in [2.05, 4.69) is 4.52 Å². The molecule has 0 aromatic rings. The first-order valence-electron chi connectivity index (χ1n) is 3.92. The van der Waals surface area contributed by atoms with Crippen molar-refractivity contribution >= 4 is 25.7 Å². The van der Waals surface area contributed by atoms with E-state index < -0.39 is 44.2 Å². The van der Waals surface area contributed by atoms with Crippen LogP contribution in [0.25, 0.3) is 0 Å². The molecule has 0 spiro atoms. The Kier molecular flexibility index (Phi) is 14.2. The predicted molar refractivity (Wildman–Crippen MR) is 49.8 cm³/mol. The molecule has 0 saturated heterocycles. The van der Waals surface area contributed by atoms with Crippen molar-refractivity contribution in [2.75, 3.05) is 0 Å². The molecule has 13 heteroatoms. The van der Waals surface area contributed by atoms with Gasteiger partial charge in [-0.25, -0.2) is 9.36 Å². The molecule has 0 bridgehead atoms. The molecule has 0 aliphatic heterocycles. The number of phosphoric acid groups is 1. The van der Waals surface area contributed by atoms with E-state index in [1.54, 1.807) is 0 Å². The van der Waals surface area contributed by atoms with Gasteiger partial charge in [0.2, 0.25) is 0 Å². The van der Waals surface area contributed by atoms with Gasteiger partial charge < -0.3 is 22.7 Å². The topological polar surface area (TPSA) is 179 Å². The molecule has 0 aromatic carbocycles. The van der Waals surface area contributed by atoms with Gasteiger partial charge in [-0.3, -0.25) is 19.4 Å². The molecule has 5 N–H and O–H groups in total. The number of aliphatic hydroxyl groups is 1. The number of carbonyl (C=O) groups is 3. The summed E-state index contributed by atoms with van der Waals surface area (Å²) in [5.41, 5.74) is -2.99. The number of carbonyl (C=O) groups excluding carboxylic acids is 1. The van der Waals surface area contributed by atoms with Gasteiger partial charge in [-0.2, -0.15) is 0 Å². The van der Waals surface area contributed by atoms with Crippen LogP contribution in [0.2, 0.25) is 0 Å². The summed E-state index contributed by atoms with van der Waals surface area (Å²) in [5, 5.41) is 26.1. The van der Waals surface area contributed by atoms with Crippen molar-refractivity contribution in [1.29, 1.82) is 0 Å². The summed E-state index contributed by atoms with van der Waals surface area (Å²) >= 11 is 0. The number of carboxylic acid groups (broad SMARTS) is 2. The predicted octanol–water partition coefficient (Wildman–Crippen LogP) is -7.46. The van der Waals surface area contributed by atoms with Gasteiger partial charge in [0.1, 0.15) is 0 Å². The van der Waals surface area contributed by atoms with Crippen molar-refractivity contribution in [3.8, 4) is 0 Å². The Bertz CT molecular complexity index is 401. The molecule has 0 aliphatic carbocycles. The van der Waals surface area contributed by atoms with E-state index in [0.29, 0.717) is 0 Å². The number of phosphoric ester groups is 1. The minimum atomic E-state index is -5.17. The van der Waals surface area contributed by atoms with Crippen molar-refractivity contribution in [3.05, 3.63) is 0 Å². The Balaban J connectivity index is -0.000000213. The van der Waals surface area contributed by atoms with Gasteiger partial charge in [-0.05, 0) is 0 Å². The molecule has 0 radical (unpaired) electrons. The van der Waals surface area contributed by atoms with Crippen LogP contribution >= 0.6 is 7.82 Å². The van der Waals surface area contributed by atoms with Gasteiger partial charge in [0.15, 0.2) is 5.60 Å². The SMILES string of the molecule is O=C(O)CC(O)(CC(=O)OP(=O)(O)O)C(=O)O.[H-].[H-].[K+].[K+]. The largest absolute Gasteiger partial charge is 1.00 e. The maximum Gasteiger partial charge on any atom is 1.00 e. The van der Waals surface area contributed by atoms with Gasteiger partial charge in [-0.1, -0.05) is 0 Å². The molecular formula is C6H11K2O10P. The summed E-state index contributed by atoms with van der Waals surface area (Å²) in [5.74, 6) is -5.47. The van der Waals surface area contributed by atoms with Crippen molar-refractivity contribution in [2.24, 2.45) is 0 Å². The second-order valence-corrected chi connectivity index (χ2v) is 4.20. The summed E-state index contributed by atoms with van der Waals surface area (Å²) in [4.78, 5) is 48.1. The monoisotopic (exact) mass is 352 g/mol. The smallest absolute Gasteiger partial charge is 1.00 e. The van der Waals surface area contributed by atoms with Crippen molar-refractivity contribution in [3.63, 3.8) is 0 Å². The Morgan fingerprint density at radius 2 is 1.53 bits per heavy atom. The molecule has 0 rings (SSSR count). The third-order valence-corrected chi connectivity index (χ3v) is 1.94. The normalized spacial score (nSPS) is 13.2. The fourth-order valence-electron chi connectivity index (χ4n) is 0.868. The van der Waals surface area contributed by atoms with Gasteiger partial charge >= 0.3 is 128 Å². The van der Waals surface area contributed by atoms with Crippen LogP contribution in [-0.2, 0) is 23.5 Å². The van der Waals surface area contributed by atoms with Gasteiger partial charge in [0.05, 0.1) is 12.8 Å². The summed E-state index contributed by atoms with van der Waals surface area (Å²) in [6, 6.07) is 0. The molecule has 0 fully saturated rings. The van der Waals surface area contributed by atoms with E-state index in [0.717, 1.165) is 0 Å². The van der Waals surface area contributed by atoms with Crippen LogP contribution in [0, 0.1) is 0 Å². The third kappa shape index (κ3) is 12.1. The second-order valence-electron chi connectivity index (χ2n) is 3.04. The molecule has 0 aliphatic rings. The molecule has 1 unspecified atom stereocenters. The molecule has 0 amide bonds. The van der Waals surface area contributed by atoms with Gasteiger partial charge in [0.25, 0.3) is 0 Å². The standard InChI is InChI=1S/C6H9O10P.2K.2H/c7-3(8)1-6(12,5(10)11)2-4(9)16-17(13,14)15;;;;/h12H,1-2H2,(H,7,8)(H,10,11)(H2,13,14,15);;;;/q;2*+1;2*-1. The van der Waals surface area contributed by atoms with E-state index >= 15 is 0 Å². The number of hydrogen-bond acceptors (Lipinski definition) is 6. The molecule has 0 heterocycles. The van der Waals surface area contributed by atoms with Crippen LogP contribution in [0.1, 0.15) is 15.7 Å². The van der Waals surface area contributed by atoms with Gasteiger partial charge in [0, 0.05) is 0 Å². The fraction of sp³-hybridized carbons (Fsp3) is 0.500. The minimum absolute atomic E-state index is 0. The van der Waals surface area contributed by atoms with E-state index in [1.807, 2.05) is 0 Å². The first-order valence-corrected chi connectivity index (χ1v) is 5.45. The van der Waals surface area contributed by atoms with Crippen molar-refractivity contribution < 1.29 is 154 Å². The Morgan fingerprint density at radius 1 is 1.11 bits per heavy atom. The minimum Gasteiger partial charge on any atom is -1.00 e. The van der Waals surface area contributed by atoms with E-state index in [1.165, 1.54) is 0 Å². The molecular weight excluding hydrogens is 341 g/mol. The number of rotatable bonds is 6. The van der Waals surface area contributed by atoms with Crippen LogP contribution in [0.5, 0.6) is 0 Å². The zero-order valence-corrected chi connectivity index (χ0v) is 17.3. The molecule has 10 nitrogen and oxygen atoms in total.